The van der Waals surface area contributed by atoms with Gasteiger partial charge in [0.15, 0.2) is 0 Å². The van der Waals surface area contributed by atoms with Crippen LogP contribution in [-0.4, -0.2) is 14.1 Å². The number of para-hydroxylation sites is 1. The molecule has 1 N–H and O–H groups in total. The first-order valence-corrected chi connectivity index (χ1v) is 8.02. The Bertz CT molecular complexity index is 550. The minimum absolute atomic E-state index is 0.298. The van der Waals surface area contributed by atoms with Gasteiger partial charge in [0.1, 0.15) is 0 Å². The summed E-state index contributed by atoms with van der Waals surface area (Å²) in [4.78, 5) is 3.40. The van der Waals surface area contributed by atoms with E-state index in [9.17, 15) is 0 Å². The van der Waals surface area contributed by atoms with Gasteiger partial charge in [-0.05, 0) is 29.5 Å². The fourth-order valence-corrected chi connectivity index (χ4v) is 3.58. The Hall–Kier alpha value is -1.19. The van der Waals surface area contributed by atoms with Crippen LogP contribution < -0.4 is 10.2 Å². The summed E-state index contributed by atoms with van der Waals surface area (Å²) in [7, 11) is 4.03. The van der Waals surface area contributed by atoms with E-state index in [4.69, 9.17) is 11.6 Å². The van der Waals surface area contributed by atoms with E-state index in [1.807, 2.05) is 26.2 Å². The summed E-state index contributed by atoms with van der Waals surface area (Å²) in [6.45, 7) is 4.47. The van der Waals surface area contributed by atoms with Crippen LogP contribution >= 0.6 is 22.9 Å². The van der Waals surface area contributed by atoms with Crippen molar-refractivity contribution in [3.63, 3.8) is 0 Å². The number of thiophene rings is 1. The van der Waals surface area contributed by atoms with Gasteiger partial charge in [0, 0.05) is 19.0 Å². The lowest BCUT2D eigenvalue weighted by molar-refractivity contribution is 0.554. The zero-order chi connectivity index (χ0) is 14.7. The van der Waals surface area contributed by atoms with Gasteiger partial charge < -0.3 is 10.2 Å². The Morgan fingerprint density at radius 3 is 2.45 bits per heavy atom. The van der Waals surface area contributed by atoms with Crippen LogP contribution in [0.15, 0.2) is 35.7 Å². The van der Waals surface area contributed by atoms with Crippen molar-refractivity contribution in [3.05, 3.63) is 45.6 Å². The molecule has 0 aliphatic rings. The molecule has 20 heavy (non-hydrogen) atoms. The van der Waals surface area contributed by atoms with E-state index in [0.29, 0.717) is 12.0 Å². The van der Waals surface area contributed by atoms with Crippen LogP contribution in [0.25, 0.3) is 0 Å². The van der Waals surface area contributed by atoms with Crippen molar-refractivity contribution in [1.82, 2.24) is 0 Å². The molecule has 4 heteroatoms. The number of anilines is 2. The highest BCUT2D eigenvalue weighted by molar-refractivity contribution is 7.10. The first kappa shape index (κ1) is 15.2. The molecule has 1 heterocycles. The number of hydrogen-bond acceptors (Lipinski definition) is 3. The third-order valence-electron chi connectivity index (χ3n) is 3.26. The number of hydrogen-bond donors (Lipinski definition) is 1. The van der Waals surface area contributed by atoms with E-state index in [-0.39, 0.29) is 0 Å². The molecule has 0 spiro atoms. The molecule has 0 saturated carbocycles. The smallest absolute Gasteiger partial charge is 0.0786 e. The topological polar surface area (TPSA) is 15.3 Å². The molecule has 0 fully saturated rings. The summed E-state index contributed by atoms with van der Waals surface area (Å²) >= 11 is 8.12. The lowest BCUT2D eigenvalue weighted by Gasteiger charge is -2.26. The third kappa shape index (κ3) is 3.28. The molecule has 2 aromatic rings. The van der Waals surface area contributed by atoms with Crippen molar-refractivity contribution in [1.29, 1.82) is 0 Å². The monoisotopic (exact) mass is 308 g/mol. The van der Waals surface area contributed by atoms with E-state index in [1.54, 1.807) is 11.3 Å². The maximum Gasteiger partial charge on any atom is 0.0786 e. The number of benzene rings is 1. The van der Waals surface area contributed by atoms with Gasteiger partial charge in [0.25, 0.3) is 0 Å². The summed E-state index contributed by atoms with van der Waals surface area (Å²) in [5, 5.41) is 6.55. The predicted octanol–water partition coefficient (Wildman–Crippen LogP) is 5.28. The first-order chi connectivity index (χ1) is 9.50. The zero-order valence-corrected chi connectivity index (χ0v) is 13.9. The van der Waals surface area contributed by atoms with Gasteiger partial charge in [0.05, 0.1) is 22.4 Å². The number of rotatable bonds is 5. The lowest BCUT2D eigenvalue weighted by atomic mass is 10.0. The average Bonchev–Trinajstić information content (AvgIpc) is 2.88. The molecule has 0 amide bonds. The summed E-state index contributed by atoms with van der Waals surface area (Å²) in [6.07, 6.45) is 0. The maximum absolute atomic E-state index is 6.33. The van der Waals surface area contributed by atoms with Crippen LogP contribution in [0.2, 0.25) is 5.02 Å². The fourth-order valence-electron chi connectivity index (χ4n) is 2.29. The fraction of sp³-hybridized carbons (Fsp3) is 0.375. The van der Waals surface area contributed by atoms with Crippen LogP contribution in [0.1, 0.15) is 24.8 Å². The van der Waals surface area contributed by atoms with Gasteiger partial charge >= 0.3 is 0 Å². The van der Waals surface area contributed by atoms with Gasteiger partial charge in [0.2, 0.25) is 0 Å². The van der Waals surface area contributed by atoms with Crippen molar-refractivity contribution in [2.45, 2.75) is 19.9 Å². The molecule has 1 unspecified atom stereocenters. The quantitative estimate of drug-likeness (QED) is 0.808. The normalized spacial score (nSPS) is 12.5. The van der Waals surface area contributed by atoms with Gasteiger partial charge in [-0.3, -0.25) is 0 Å². The maximum atomic E-state index is 6.33. The van der Waals surface area contributed by atoms with E-state index in [1.165, 1.54) is 4.88 Å². The van der Waals surface area contributed by atoms with Crippen LogP contribution in [0.3, 0.4) is 0 Å². The van der Waals surface area contributed by atoms with Crippen molar-refractivity contribution in [3.8, 4) is 0 Å². The summed E-state index contributed by atoms with van der Waals surface area (Å²) in [5.41, 5.74) is 2.12. The number of nitrogens with zero attached hydrogens (tertiary/aromatic N) is 1. The standard InChI is InChI=1S/C16H21ClN2S/c1-11(2)15(14-9-6-10-20-14)18-13-8-5-7-12(17)16(13)19(3)4/h5-11,15,18H,1-4H3. The first-order valence-electron chi connectivity index (χ1n) is 6.76. The van der Waals surface area contributed by atoms with E-state index < -0.39 is 0 Å². The molecule has 2 rings (SSSR count). The lowest BCUT2D eigenvalue weighted by Crippen LogP contribution is -2.19. The molecule has 0 radical (unpaired) electrons. The van der Waals surface area contributed by atoms with Gasteiger partial charge in [-0.25, -0.2) is 0 Å². The highest BCUT2D eigenvalue weighted by Crippen LogP contribution is 2.37. The van der Waals surface area contributed by atoms with E-state index in [2.05, 4.69) is 47.6 Å². The molecule has 1 aromatic carbocycles. The van der Waals surface area contributed by atoms with Crippen LogP contribution in [-0.2, 0) is 0 Å². The van der Waals surface area contributed by atoms with Crippen molar-refractivity contribution in [2.75, 3.05) is 24.3 Å². The Morgan fingerprint density at radius 2 is 1.90 bits per heavy atom. The van der Waals surface area contributed by atoms with Crippen LogP contribution in [0, 0.1) is 5.92 Å². The molecule has 1 atom stereocenters. The third-order valence-corrected chi connectivity index (χ3v) is 4.52. The molecule has 108 valence electrons. The van der Waals surface area contributed by atoms with Gasteiger partial charge in [-0.1, -0.05) is 37.6 Å². The van der Waals surface area contributed by atoms with Gasteiger partial charge in [-0.2, -0.15) is 0 Å². The van der Waals surface area contributed by atoms with E-state index in [0.717, 1.165) is 16.4 Å². The van der Waals surface area contributed by atoms with Gasteiger partial charge in [-0.15, -0.1) is 11.3 Å². The Morgan fingerprint density at radius 1 is 1.15 bits per heavy atom. The summed E-state index contributed by atoms with van der Waals surface area (Å²) < 4.78 is 0. The summed E-state index contributed by atoms with van der Waals surface area (Å²) in [6, 6.07) is 10.6. The molecule has 0 aliphatic heterocycles. The van der Waals surface area contributed by atoms with Crippen LogP contribution in [0.5, 0.6) is 0 Å². The molecular formula is C16H21ClN2S. The second kappa shape index (κ2) is 6.51. The second-order valence-corrected chi connectivity index (χ2v) is 6.80. The molecule has 2 nitrogen and oxygen atoms in total. The highest BCUT2D eigenvalue weighted by atomic mass is 35.5. The average molecular weight is 309 g/mol. The predicted molar refractivity (Wildman–Crippen MR) is 91.3 cm³/mol. The molecule has 0 saturated heterocycles. The Labute approximate surface area is 130 Å². The minimum atomic E-state index is 0.298. The SMILES string of the molecule is CC(C)C(Nc1cccc(Cl)c1N(C)C)c1cccs1. The number of nitrogens with one attached hydrogen (secondary N) is 1. The highest BCUT2D eigenvalue weighted by Gasteiger charge is 2.19. The molecular weight excluding hydrogens is 288 g/mol. The summed E-state index contributed by atoms with van der Waals surface area (Å²) in [5.74, 6) is 0.502. The van der Waals surface area contributed by atoms with Crippen LogP contribution in [0.4, 0.5) is 11.4 Å². The van der Waals surface area contributed by atoms with Crippen molar-refractivity contribution < 1.29 is 0 Å². The van der Waals surface area contributed by atoms with Crippen molar-refractivity contribution in [2.24, 2.45) is 5.92 Å². The molecule has 1 aromatic heterocycles. The second-order valence-electron chi connectivity index (χ2n) is 5.41. The molecule has 0 bridgehead atoms. The van der Waals surface area contributed by atoms with Crippen molar-refractivity contribution >= 4 is 34.3 Å². The Kier molecular flexibility index (Phi) is 4.95. The largest absolute Gasteiger partial charge is 0.375 e. The zero-order valence-electron chi connectivity index (χ0n) is 12.4. The van der Waals surface area contributed by atoms with E-state index >= 15 is 0 Å². The number of halogens is 1. The molecule has 0 aliphatic carbocycles. The minimum Gasteiger partial charge on any atom is -0.375 e. The Balaban J connectivity index is 2.35.